The Bertz CT molecular complexity index is 916. The molecule has 0 spiro atoms. The Kier molecular flexibility index (Phi) is 7.43. The van der Waals surface area contributed by atoms with Gasteiger partial charge in [-0.15, -0.1) is 0 Å². The van der Waals surface area contributed by atoms with Crippen LogP contribution < -0.4 is 5.32 Å². The summed E-state index contributed by atoms with van der Waals surface area (Å²) in [5.41, 5.74) is 2.55. The summed E-state index contributed by atoms with van der Waals surface area (Å²) in [5.74, 6) is -0.934. The van der Waals surface area contributed by atoms with Gasteiger partial charge in [0.25, 0.3) is 0 Å². The number of likely N-dealkylation sites (tertiary alicyclic amines) is 1. The molecule has 0 aliphatic carbocycles. The maximum absolute atomic E-state index is 12.6. The molecule has 0 saturated carbocycles. The Morgan fingerprint density at radius 1 is 1.13 bits per heavy atom. The van der Waals surface area contributed by atoms with Crippen LogP contribution in [0.25, 0.3) is 0 Å². The van der Waals surface area contributed by atoms with Gasteiger partial charge in [0.05, 0.1) is 19.0 Å². The Balaban J connectivity index is 1.83. The molecule has 1 amide bonds. The standard InChI is InChI=1S/C24H27N3O4/c1-17(24(30)31-2)26-23(29)20-14-9-15-27(20)21(28)16-25-22(18-10-5-3-6-11-18)19-12-7-4-8-13-19/h3-8,10-13,16-17,20,28H,9,14-15H2,1-2H3,(H,26,29)/b21-16-/t17-,20-/m0/s1. The number of esters is 1. The number of hydrogen-bond donors (Lipinski definition) is 2. The van der Waals surface area contributed by atoms with Crippen molar-refractivity contribution in [2.45, 2.75) is 31.8 Å². The van der Waals surface area contributed by atoms with Crippen LogP contribution in [0.1, 0.15) is 30.9 Å². The van der Waals surface area contributed by atoms with E-state index in [-0.39, 0.29) is 11.8 Å². The summed E-state index contributed by atoms with van der Waals surface area (Å²) in [7, 11) is 1.27. The fourth-order valence-corrected chi connectivity index (χ4v) is 3.56. The maximum atomic E-state index is 12.6. The highest BCUT2D eigenvalue weighted by Gasteiger charge is 2.33. The number of ether oxygens (including phenoxy) is 1. The third kappa shape index (κ3) is 5.51. The summed E-state index contributed by atoms with van der Waals surface area (Å²) < 4.78 is 4.65. The lowest BCUT2D eigenvalue weighted by molar-refractivity contribution is -0.145. The van der Waals surface area contributed by atoms with Crippen LogP contribution in [0.4, 0.5) is 0 Å². The molecule has 7 nitrogen and oxygen atoms in total. The van der Waals surface area contributed by atoms with Crippen LogP contribution >= 0.6 is 0 Å². The zero-order valence-corrected chi connectivity index (χ0v) is 17.7. The monoisotopic (exact) mass is 421 g/mol. The fourth-order valence-electron chi connectivity index (χ4n) is 3.56. The molecule has 0 unspecified atom stereocenters. The summed E-state index contributed by atoms with van der Waals surface area (Å²) in [6.45, 7) is 2.09. The molecule has 1 fully saturated rings. The summed E-state index contributed by atoms with van der Waals surface area (Å²) >= 11 is 0. The lowest BCUT2D eigenvalue weighted by Gasteiger charge is -2.25. The number of nitrogens with zero attached hydrogens (tertiary/aromatic N) is 2. The minimum absolute atomic E-state index is 0.0901. The van der Waals surface area contributed by atoms with E-state index in [9.17, 15) is 14.7 Å². The Labute approximate surface area is 182 Å². The van der Waals surface area contributed by atoms with Crippen LogP contribution in [0.3, 0.4) is 0 Å². The number of aliphatic hydroxyl groups is 1. The molecular weight excluding hydrogens is 394 g/mol. The molecule has 31 heavy (non-hydrogen) atoms. The highest BCUT2D eigenvalue weighted by molar-refractivity contribution is 6.13. The van der Waals surface area contributed by atoms with Crippen LogP contribution in [0, 0.1) is 0 Å². The van der Waals surface area contributed by atoms with E-state index in [0.717, 1.165) is 17.5 Å². The molecule has 0 bridgehead atoms. The van der Waals surface area contributed by atoms with Crippen molar-refractivity contribution in [1.82, 2.24) is 10.2 Å². The highest BCUT2D eigenvalue weighted by atomic mass is 16.5. The Hall–Kier alpha value is -3.61. The highest BCUT2D eigenvalue weighted by Crippen LogP contribution is 2.22. The van der Waals surface area contributed by atoms with E-state index in [2.05, 4.69) is 15.0 Å². The third-order valence-corrected chi connectivity index (χ3v) is 5.17. The van der Waals surface area contributed by atoms with E-state index < -0.39 is 18.1 Å². The Morgan fingerprint density at radius 2 is 1.71 bits per heavy atom. The second-order valence-corrected chi connectivity index (χ2v) is 7.30. The predicted molar refractivity (Wildman–Crippen MR) is 119 cm³/mol. The quantitative estimate of drug-likeness (QED) is 0.407. The molecule has 0 radical (unpaired) electrons. The lowest BCUT2D eigenvalue weighted by Crippen LogP contribution is -2.48. The SMILES string of the molecule is COC(=O)[C@H](C)NC(=O)[C@@H]1CCCN1/C(O)=C/N=C(c1ccccc1)c1ccccc1. The molecule has 2 aromatic rings. The van der Waals surface area contributed by atoms with Crippen molar-refractivity contribution in [3.8, 4) is 0 Å². The van der Waals surface area contributed by atoms with Crippen molar-refractivity contribution in [2.24, 2.45) is 4.99 Å². The van der Waals surface area contributed by atoms with Crippen LogP contribution in [-0.4, -0.2) is 53.3 Å². The van der Waals surface area contributed by atoms with Gasteiger partial charge in [-0.1, -0.05) is 60.7 Å². The van der Waals surface area contributed by atoms with Gasteiger partial charge in [0.2, 0.25) is 11.8 Å². The second-order valence-electron chi connectivity index (χ2n) is 7.30. The van der Waals surface area contributed by atoms with Crippen LogP contribution in [0.2, 0.25) is 0 Å². The van der Waals surface area contributed by atoms with Crippen molar-refractivity contribution in [3.63, 3.8) is 0 Å². The number of carbonyl (C=O) groups excluding carboxylic acids is 2. The van der Waals surface area contributed by atoms with Gasteiger partial charge in [-0.25, -0.2) is 4.79 Å². The van der Waals surface area contributed by atoms with Crippen molar-refractivity contribution in [3.05, 3.63) is 83.9 Å². The number of hydrogen-bond acceptors (Lipinski definition) is 6. The molecule has 1 aliphatic heterocycles. The van der Waals surface area contributed by atoms with Gasteiger partial charge in [-0.05, 0) is 19.8 Å². The first-order valence-corrected chi connectivity index (χ1v) is 10.2. The zero-order valence-electron chi connectivity index (χ0n) is 17.7. The van der Waals surface area contributed by atoms with E-state index in [1.54, 1.807) is 11.8 Å². The lowest BCUT2D eigenvalue weighted by atomic mass is 10.0. The summed E-state index contributed by atoms with van der Waals surface area (Å²) in [5, 5.41) is 13.4. The van der Waals surface area contributed by atoms with Crippen LogP contribution in [-0.2, 0) is 14.3 Å². The average molecular weight is 421 g/mol. The van der Waals surface area contributed by atoms with Crippen molar-refractivity contribution in [2.75, 3.05) is 13.7 Å². The normalized spacial score (nSPS) is 17.0. The number of aliphatic imine (C=N–C) groups is 1. The van der Waals surface area contributed by atoms with Gasteiger partial charge < -0.3 is 20.1 Å². The third-order valence-electron chi connectivity index (χ3n) is 5.17. The van der Waals surface area contributed by atoms with Gasteiger partial charge in [0.15, 0.2) is 0 Å². The van der Waals surface area contributed by atoms with E-state index in [1.807, 2.05) is 60.7 Å². The first kappa shape index (κ1) is 22.1. The topological polar surface area (TPSA) is 91.2 Å². The maximum Gasteiger partial charge on any atom is 0.328 e. The van der Waals surface area contributed by atoms with Gasteiger partial charge >= 0.3 is 5.97 Å². The number of benzene rings is 2. The van der Waals surface area contributed by atoms with Crippen LogP contribution in [0.5, 0.6) is 0 Å². The van der Waals surface area contributed by atoms with Crippen molar-refractivity contribution < 1.29 is 19.4 Å². The molecule has 0 aromatic heterocycles. The molecule has 1 heterocycles. The van der Waals surface area contributed by atoms with Gasteiger partial charge in [-0.3, -0.25) is 9.79 Å². The largest absolute Gasteiger partial charge is 0.494 e. The molecule has 2 atom stereocenters. The molecule has 2 N–H and O–H groups in total. The smallest absolute Gasteiger partial charge is 0.328 e. The first-order valence-electron chi connectivity index (χ1n) is 10.2. The van der Waals surface area contributed by atoms with E-state index >= 15 is 0 Å². The summed E-state index contributed by atoms with van der Waals surface area (Å²) in [4.78, 5) is 30.4. The molecule has 1 aliphatic rings. The Morgan fingerprint density at radius 3 is 2.26 bits per heavy atom. The van der Waals surface area contributed by atoms with Gasteiger partial charge in [0.1, 0.15) is 12.1 Å². The number of amides is 1. The molecule has 7 heteroatoms. The number of carbonyl (C=O) groups is 2. The summed E-state index contributed by atoms with van der Waals surface area (Å²) in [6, 6.07) is 18.1. The number of nitrogens with one attached hydrogen (secondary N) is 1. The van der Waals surface area contributed by atoms with Crippen molar-refractivity contribution in [1.29, 1.82) is 0 Å². The summed E-state index contributed by atoms with van der Waals surface area (Å²) in [6.07, 6.45) is 2.70. The van der Waals surface area contributed by atoms with Crippen molar-refractivity contribution >= 4 is 17.6 Å². The van der Waals surface area contributed by atoms with Gasteiger partial charge in [-0.2, -0.15) is 0 Å². The average Bonchev–Trinajstić information content (AvgIpc) is 3.30. The van der Waals surface area contributed by atoms with E-state index in [4.69, 9.17) is 0 Å². The molecule has 3 rings (SSSR count). The fraction of sp³-hybridized carbons (Fsp3) is 0.292. The number of aliphatic hydroxyl groups excluding tert-OH is 1. The van der Waals surface area contributed by atoms with Gasteiger partial charge in [0, 0.05) is 17.7 Å². The minimum Gasteiger partial charge on any atom is -0.494 e. The van der Waals surface area contributed by atoms with E-state index in [0.29, 0.717) is 18.7 Å². The molecular formula is C24H27N3O4. The number of rotatable bonds is 7. The molecule has 162 valence electrons. The molecule has 1 saturated heterocycles. The predicted octanol–water partition coefficient (Wildman–Crippen LogP) is 3.02. The first-order chi connectivity index (χ1) is 15.0. The second kappa shape index (κ2) is 10.4. The minimum atomic E-state index is -0.758. The van der Waals surface area contributed by atoms with Crippen LogP contribution in [0.15, 0.2) is 77.7 Å². The van der Waals surface area contributed by atoms with E-state index in [1.165, 1.54) is 13.3 Å². The zero-order chi connectivity index (χ0) is 22.2. The molecule has 2 aromatic carbocycles. The number of methoxy groups -OCH3 is 1.